The van der Waals surface area contributed by atoms with Crippen LogP contribution in [-0.4, -0.2) is 34.5 Å². The van der Waals surface area contributed by atoms with Crippen LogP contribution in [0.2, 0.25) is 5.02 Å². The summed E-state index contributed by atoms with van der Waals surface area (Å²) in [5.74, 6) is 1.01. The minimum Gasteiger partial charge on any atom is -0.496 e. The van der Waals surface area contributed by atoms with Crippen LogP contribution in [0.25, 0.3) is 22.8 Å². The quantitative estimate of drug-likeness (QED) is 0.757. The predicted octanol–water partition coefficient (Wildman–Crippen LogP) is 3.09. The molecule has 25 heavy (non-hydrogen) atoms. The maximum atomic E-state index is 11.9. The van der Waals surface area contributed by atoms with Gasteiger partial charge in [0.15, 0.2) is 5.82 Å². The lowest BCUT2D eigenvalue weighted by atomic mass is 10.1. The molecule has 4 rings (SSSR count). The minimum absolute atomic E-state index is 0.0641. The lowest BCUT2D eigenvalue weighted by Crippen LogP contribution is -2.31. The Morgan fingerprint density at radius 2 is 2.16 bits per heavy atom. The van der Waals surface area contributed by atoms with Gasteiger partial charge < -0.3 is 15.0 Å². The summed E-state index contributed by atoms with van der Waals surface area (Å²) in [6, 6.07) is 9.01. The van der Waals surface area contributed by atoms with Gasteiger partial charge in [-0.05, 0) is 24.3 Å². The van der Waals surface area contributed by atoms with E-state index in [1.54, 1.807) is 25.4 Å². The summed E-state index contributed by atoms with van der Waals surface area (Å²) >= 11 is 6.32. The van der Waals surface area contributed by atoms with Gasteiger partial charge in [-0.25, -0.2) is 9.97 Å². The van der Waals surface area contributed by atoms with Crippen LogP contribution < -0.4 is 10.1 Å². The normalized spacial score (nSPS) is 13.3. The van der Waals surface area contributed by atoms with Crippen LogP contribution >= 0.6 is 11.6 Å². The van der Waals surface area contributed by atoms with E-state index in [0.717, 1.165) is 17.8 Å². The van der Waals surface area contributed by atoms with Crippen LogP contribution in [-0.2, 0) is 6.42 Å². The largest absolute Gasteiger partial charge is 0.496 e. The zero-order chi connectivity index (χ0) is 17.4. The third-order valence-corrected chi connectivity index (χ3v) is 4.47. The molecule has 0 bridgehead atoms. The summed E-state index contributed by atoms with van der Waals surface area (Å²) in [5.41, 5.74) is 3.69. The number of hydrogen-bond acceptors (Lipinski definition) is 4. The van der Waals surface area contributed by atoms with Gasteiger partial charge in [0.25, 0.3) is 5.91 Å². The number of aromatic amines is 1. The van der Waals surface area contributed by atoms with Crippen molar-refractivity contribution in [2.24, 2.45) is 0 Å². The van der Waals surface area contributed by atoms with E-state index in [4.69, 9.17) is 16.3 Å². The minimum atomic E-state index is -0.0641. The van der Waals surface area contributed by atoms with Crippen molar-refractivity contribution in [1.82, 2.24) is 20.3 Å². The summed E-state index contributed by atoms with van der Waals surface area (Å²) in [6.07, 6.45) is 2.44. The highest BCUT2D eigenvalue weighted by molar-refractivity contribution is 6.33. The molecule has 0 aliphatic carbocycles. The van der Waals surface area contributed by atoms with Crippen LogP contribution in [0.4, 0.5) is 0 Å². The molecule has 0 saturated heterocycles. The first-order valence-electron chi connectivity index (χ1n) is 7.83. The number of ether oxygens (including phenoxy) is 1. The average molecular weight is 355 g/mol. The summed E-state index contributed by atoms with van der Waals surface area (Å²) in [5, 5.41) is 3.35. The van der Waals surface area contributed by atoms with Crippen molar-refractivity contribution in [2.45, 2.75) is 6.42 Å². The van der Waals surface area contributed by atoms with Crippen molar-refractivity contribution in [3.05, 3.63) is 52.8 Å². The van der Waals surface area contributed by atoms with Gasteiger partial charge in [-0.3, -0.25) is 4.79 Å². The van der Waals surface area contributed by atoms with Crippen molar-refractivity contribution in [3.63, 3.8) is 0 Å². The maximum absolute atomic E-state index is 11.9. The molecule has 1 amide bonds. The van der Waals surface area contributed by atoms with Gasteiger partial charge in [0, 0.05) is 24.9 Å². The van der Waals surface area contributed by atoms with Crippen LogP contribution in [0.15, 0.2) is 36.5 Å². The third kappa shape index (κ3) is 2.74. The van der Waals surface area contributed by atoms with Gasteiger partial charge in [-0.15, -0.1) is 0 Å². The molecule has 0 atom stereocenters. The highest BCUT2D eigenvalue weighted by Crippen LogP contribution is 2.35. The molecule has 6 nitrogen and oxygen atoms in total. The van der Waals surface area contributed by atoms with E-state index in [2.05, 4.69) is 20.3 Å². The molecule has 3 heterocycles. The molecule has 126 valence electrons. The molecule has 0 spiro atoms. The first kappa shape index (κ1) is 15.7. The van der Waals surface area contributed by atoms with E-state index in [1.807, 2.05) is 18.2 Å². The van der Waals surface area contributed by atoms with Gasteiger partial charge in [0.1, 0.15) is 5.75 Å². The number of nitrogens with one attached hydrogen (secondary N) is 2. The van der Waals surface area contributed by atoms with Crippen molar-refractivity contribution in [2.75, 3.05) is 13.7 Å². The Labute approximate surface area is 149 Å². The molecule has 2 aromatic heterocycles. The van der Waals surface area contributed by atoms with Crippen LogP contribution in [0, 0.1) is 0 Å². The fraction of sp³-hybridized carbons (Fsp3) is 0.167. The lowest BCUT2D eigenvalue weighted by Gasteiger charge is -2.11. The molecular formula is C18H15ClN4O2. The highest BCUT2D eigenvalue weighted by atomic mass is 35.5. The SMILES string of the molecule is COc1cccc(Cl)c1-c1nccc(-c2cc3c([nH]2)CCNC3=O)n1. The Kier molecular flexibility index (Phi) is 3.89. The van der Waals surface area contributed by atoms with Crippen LogP contribution in [0.3, 0.4) is 0 Å². The lowest BCUT2D eigenvalue weighted by molar-refractivity contribution is 0.0946. The van der Waals surface area contributed by atoms with E-state index in [0.29, 0.717) is 40.0 Å². The number of fused-ring (bicyclic) bond motifs is 1. The summed E-state index contributed by atoms with van der Waals surface area (Å²) in [6.45, 7) is 0.637. The van der Waals surface area contributed by atoms with Gasteiger partial charge in [-0.2, -0.15) is 0 Å². The highest BCUT2D eigenvalue weighted by Gasteiger charge is 2.21. The summed E-state index contributed by atoms with van der Waals surface area (Å²) in [7, 11) is 1.58. The van der Waals surface area contributed by atoms with E-state index in [-0.39, 0.29) is 5.91 Å². The third-order valence-electron chi connectivity index (χ3n) is 4.15. The van der Waals surface area contributed by atoms with E-state index < -0.39 is 0 Å². The number of rotatable bonds is 3. The Bertz CT molecular complexity index is 967. The van der Waals surface area contributed by atoms with Gasteiger partial charge >= 0.3 is 0 Å². The predicted molar refractivity (Wildman–Crippen MR) is 94.9 cm³/mol. The number of nitrogens with zero attached hydrogens (tertiary/aromatic N) is 2. The standard InChI is InChI=1S/C18H15ClN4O2/c1-25-15-4-2-3-11(19)16(15)17-20-7-6-13(23-17)14-9-10-12(22-14)5-8-21-18(10)24/h2-4,6-7,9,22H,5,8H2,1H3,(H,21,24). The molecule has 1 aliphatic rings. The molecule has 0 fully saturated rings. The number of carbonyl (C=O) groups is 1. The van der Waals surface area contributed by atoms with Crippen molar-refractivity contribution < 1.29 is 9.53 Å². The number of amides is 1. The first-order valence-corrected chi connectivity index (χ1v) is 8.21. The number of halogens is 1. The molecule has 0 radical (unpaired) electrons. The molecule has 1 aliphatic heterocycles. The van der Waals surface area contributed by atoms with Crippen molar-refractivity contribution in [1.29, 1.82) is 0 Å². The molecule has 0 saturated carbocycles. The number of methoxy groups -OCH3 is 1. The second-order valence-electron chi connectivity index (χ2n) is 5.66. The number of carbonyl (C=O) groups excluding carboxylic acids is 1. The number of aromatic nitrogens is 3. The summed E-state index contributed by atoms with van der Waals surface area (Å²) in [4.78, 5) is 24.2. The molecule has 3 aromatic rings. The van der Waals surface area contributed by atoms with Gasteiger partial charge in [0.2, 0.25) is 0 Å². The Hall–Kier alpha value is -2.86. The van der Waals surface area contributed by atoms with Crippen molar-refractivity contribution >= 4 is 17.5 Å². The molecular weight excluding hydrogens is 340 g/mol. The zero-order valence-corrected chi connectivity index (χ0v) is 14.2. The monoisotopic (exact) mass is 354 g/mol. The Balaban J connectivity index is 1.80. The molecule has 7 heteroatoms. The summed E-state index contributed by atoms with van der Waals surface area (Å²) < 4.78 is 5.38. The smallest absolute Gasteiger partial charge is 0.253 e. The van der Waals surface area contributed by atoms with E-state index >= 15 is 0 Å². The van der Waals surface area contributed by atoms with E-state index in [1.165, 1.54) is 0 Å². The fourth-order valence-electron chi connectivity index (χ4n) is 2.95. The molecule has 2 N–H and O–H groups in total. The molecule has 1 aromatic carbocycles. The Morgan fingerprint density at radius 3 is 2.96 bits per heavy atom. The van der Waals surface area contributed by atoms with Crippen LogP contribution in [0.5, 0.6) is 5.75 Å². The Morgan fingerprint density at radius 1 is 1.28 bits per heavy atom. The maximum Gasteiger partial charge on any atom is 0.253 e. The van der Waals surface area contributed by atoms with Gasteiger partial charge in [-0.1, -0.05) is 17.7 Å². The van der Waals surface area contributed by atoms with Crippen LogP contribution in [0.1, 0.15) is 16.1 Å². The topological polar surface area (TPSA) is 79.9 Å². The molecule has 0 unspecified atom stereocenters. The van der Waals surface area contributed by atoms with E-state index in [9.17, 15) is 4.79 Å². The van der Waals surface area contributed by atoms with Crippen molar-refractivity contribution in [3.8, 4) is 28.5 Å². The number of hydrogen-bond donors (Lipinski definition) is 2. The second kappa shape index (κ2) is 6.22. The zero-order valence-electron chi connectivity index (χ0n) is 13.5. The average Bonchev–Trinajstić information content (AvgIpc) is 3.07. The first-order chi connectivity index (χ1) is 12.2. The second-order valence-corrected chi connectivity index (χ2v) is 6.07. The number of benzene rings is 1. The fourth-order valence-corrected chi connectivity index (χ4v) is 3.20. The van der Waals surface area contributed by atoms with Gasteiger partial charge in [0.05, 0.1) is 34.6 Å². The number of H-pyrrole nitrogens is 1.